The average molecular weight is 416 g/mol. The van der Waals surface area contributed by atoms with Crippen LogP contribution in [0.2, 0.25) is 0 Å². The van der Waals surface area contributed by atoms with Crippen LogP contribution in [-0.4, -0.2) is 34.3 Å². The summed E-state index contributed by atoms with van der Waals surface area (Å²) in [5, 5.41) is 7.72. The highest BCUT2D eigenvalue weighted by atomic mass is 32.1. The monoisotopic (exact) mass is 415 g/mol. The summed E-state index contributed by atoms with van der Waals surface area (Å²) in [6.07, 6.45) is 1.29. The van der Waals surface area contributed by atoms with Gasteiger partial charge in [-0.05, 0) is 36.4 Å². The second-order valence-electron chi connectivity index (χ2n) is 6.48. The molecule has 5 nitrogen and oxygen atoms in total. The normalized spacial score (nSPS) is 16.3. The highest BCUT2D eigenvalue weighted by molar-refractivity contribution is 7.20. The third kappa shape index (κ3) is 3.83. The molecule has 28 heavy (non-hydrogen) atoms. The molecule has 144 valence electrons. The molecule has 1 saturated heterocycles. The van der Waals surface area contributed by atoms with Gasteiger partial charge in [-0.25, -0.2) is 9.37 Å². The molecule has 1 aromatic carbocycles. The number of hydrogen-bond donors (Lipinski definition) is 1. The summed E-state index contributed by atoms with van der Waals surface area (Å²) in [6, 6.07) is 9.27. The van der Waals surface area contributed by atoms with Gasteiger partial charge in [0.1, 0.15) is 16.9 Å². The molecule has 1 aliphatic heterocycles. The van der Waals surface area contributed by atoms with Gasteiger partial charge in [-0.3, -0.25) is 9.59 Å². The molecule has 0 saturated carbocycles. The number of nitrogens with one attached hydrogen (secondary N) is 1. The Labute approximate surface area is 169 Å². The molecule has 1 unspecified atom stereocenters. The first kappa shape index (κ1) is 18.8. The summed E-state index contributed by atoms with van der Waals surface area (Å²) in [4.78, 5) is 32.5. The first-order valence-electron chi connectivity index (χ1n) is 8.95. The number of nitrogens with zero attached hydrogens (tertiary/aromatic N) is 2. The van der Waals surface area contributed by atoms with Crippen molar-refractivity contribution in [1.82, 2.24) is 15.2 Å². The van der Waals surface area contributed by atoms with Gasteiger partial charge in [-0.15, -0.1) is 22.7 Å². The first-order chi connectivity index (χ1) is 13.6. The smallest absolute Gasteiger partial charge is 0.257 e. The summed E-state index contributed by atoms with van der Waals surface area (Å²) in [5.41, 5.74) is 0.786. The minimum absolute atomic E-state index is 0.00212. The predicted molar refractivity (Wildman–Crippen MR) is 108 cm³/mol. The van der Waals surface area contributed by atoms with Gasteiger partial charge < -0.3 is 10.2 Å². The fraction of sp³-hybridized carbons (Fsp3) is 0.250. The van der Waals surface area contributed by atoms with Crippen LogP contribution in [-0.2, 0) is 11.3 Å². The van der Waals surface area contributed by atoms with E-state index in [9.17, 15) is 14.0 Å². The van der Waals surface area contributed by atoms with Gasteiger partial charge in [0.05, 0.1) is 22.7 Å². The number of thiophene rings is 1. The summed E-state index contributed by atoms with van der Waals surface area (Å²) >= 11 is 3.16. The Morgan fingerprint density at radius 1 is 1.21 bits per heavy atom. The standard InChI is InChI=1S/C20H18FN3O2S2/c21-15-6-2-1-5-14(15)20(26)24-9-3-7-16(24)18(25)22-11-13-12-28-19(23-13)17-8-4-10-27-17/h1-2,4-6,8,10,12,16H,3,7,9,11H2,(H,22,25). The number of carbonyl (C=O) groups excluding carboxylic acids is 2. The van der Waals surface area contributed by atoms with Crippen LogP contribution in [0.5, 0.6) is 0 Å². The highest BCUT2D eigenvalue weighted by Crippen LogP contribution is 2.28. The summed E-state index contributed by atoms with van der Waals surface area (Å²) < 4.78 is 14.0. The zero-order chi connectivity index (χ0) is 19.5. The van der Waals surface area contributed by atoms with E-state index in [0.717, 1.165) is 22.0 Å². The lowest BCUT2D eigenvalue weighted by Crippen LogP contribution is -2.46. The largest absolute Gasteiger partial charge is 0.349 e. The van der Waals surface area contributed by atoms with Crippen LogP contribution < -0.4 is 5.32 Å². The lowest BCUT2D eigenvalue weighted by molar-refractivity contribution is -0.125. The molecule has 2 aromatic heterocycles. The Hall–Kier alpha value is -2.58. The molecule has 1 aliphatic rings. The average Bonchev–Trinajstić information content (AvgIpc) is 3.47. The highest BCUT2D eigenvalue weighted by Gasteiger charge is 2.35. The molecular formula is C20H18FN3O2S2. The number of amides is 2. The van der Waals surface area contributed by atoms with Crippen LogP contribution >= 0.6 is 22.7 Å². The number of likely N-dealkylation sites (tertiary alicyclic amines) is 1. The van der Waals surface area contributed by atoms with Crippen molar-refractivity contribution in [1.29, 1.82) is 0 Å². The van der Waals surface area contributed by atoms with Gasteiger partial charge in [0, 0.05) is 11.9 Å². The number of carbonyl (C=O) groups is 2. The van der Waals surface area contributed by atoms with Crippen molar-refractivity contribution < 1.29 is 14.0 Å². The van der Waals surface area contributed by atoms with E-state index in [1.54, 1.807) is 23.5 Å². The zero-order valence-electron chi connectivity index (χ0n) is 14.9. The van der Waals surface area contributed by atoms with E-state index in [0.29, 0.717) is 19.5 Å². The molecule has 0 aliphatic carbocycles. The minimum Gasteiger partial charge on any atom is -0.349 e. The molecule has 0 bridgehead atoms. The Kier molecular flexibility index (Phi) is 5.50. The van der Waals surface area contributed by atoms with Crippen molar-refractivity contribution in [2.24, 2.45) is 0 Å². The van der Waals surface area contributed by atoms with E-state index in [1.165, 1.54) is 28.4 Å². The molecular weight excluding hydrogens is 397 g/mol. The maximum absolute atomic E-state index is 14.0. The fourth-order valence-electron chi connectivity index (χ4n) is 3.27. The van der Waals surface area contributed by atoms with Gasteiger partial charge in [0.2, 0.25) is 5.91 Å². The topological polar surface area (TPSA) is 62.3 Å². The van der Waals surface area contributed by atoms with Crippen LogP contribution in [0.1, 0.15) is 28.9 Å². The molecule has 1 atom stereocenters. The Bertz CT molecular complexity index is 987. The SMILES string of the molecule is O=C(NCc1csc(-c2cccs2)n1)C1CCCN1C(=O)c1ccccc1F. The lowest BCUT2D eigenvalue weighted by atomic mass is 10.1. The van der Waals surface area contributed by atoms with Gasteiger partial charge in [-0.1, -0.05) is 18.2 Å². The van der Waals surface area contributed by atoms with Crippen LogP contribution in [0.25, 0.3) is 9.88 Å². The first-order valence-corrected chi connectivity index (χ1v) is 10.7. The lowest BCUT2D eigenvalue weighted by Gasteiger charge is -2.24. The Balaban J connectivity index is 1.40. The van der Waals surface area contributed by atoms with E-state index < -0.39 is 17.8 Å². The molecule has 8 heteroatoms. The number of rotatable bonds is 5. The van der Waals surface area contributed by atoms with Gasteiger partial charge in [0.25, 0.3) is 5.91 Å². The fourth-order valence-corrected chi connectivity index (χ4v) is 4.90. The quantitative estimate of drug-likeness (QED) is 0.687. The van der Waals surface area contributed by atoms with Crippen molar-refractivity contribution in [3.63, 3.8) is 0 Å². The van der Waals surface area contributed by atoms with E-state index in [-0.39, 0.29) is 11.5 Å². The number of aromatic nitrogens is 1. The van der Waals surface area contributed by atoms with Gasteiger partial charge in [-0.2, -0.15) is 0 Å². The molecule has 0 radical (unpaired) electrons. The van der Waals surface area contributed by atoms with Crippen molar-refractivity contribution in [2.45, 2.75) is 25.4 Å². The Morgan fingerprint density at radius 2 is 2.07 bits per heavy atom. The molecule has 3 heterocycles. The summed E-state index contributed by atoms with van der Waals surface area (Å²) in [7, 11) is 0. The third-order valence-corrected chi connectivity index (χ3v) is 6.58. The van der Waals surface area contributed by atoms with Crippen molar-refractivity contribution in [3.05, 3.63) is 64.2 Å². The van der Waals surface area contributed by atoms with Crippen LogP contribution in [0.3, 0.4) is 0 Å². The molecule has 1 N–H and O–H groups in total. The summed E-state index contributed by atoms with van der Waals surface area (Å²) in [5.74, 6) is -1.24. The van der Waals surface area contributed by atoms with Crippen LogP contribution in [0.4, 0.5) is 4.39 Å². The van der Waals surface area contributed by atoms with Gasteiger partial charge >= 0.3 is 0 Å². The number of hydrogen-bond acceptors (Lipinski definition) is 5. The van der Waals surface area contributed by atoms with Crippen molar-refractivity contribution in [2.75, 3.05) is 6.54 Å². The second kappa shape index (κ2) is 8.20. The molecule has 2 amide bonds. The van der Waals surface area contributed by atoms with Crippen molar-refractivity contribution >= 4 is 34.5 Å². The van der Waals surface area contributed by atoms with Gasteiger partial charge in [0.15, 0.2) is 0 Å². The Morgan fingerprint density at radius 3 is 2.86 bits per heavy atom. The maximum Gasteiger partial charge on any atom is 0.257 e. The van der Waals surface area contributed by atoms with E-state index >= 15 is 0 Å². The minimum atomic E-state index is -0.581. The number of halogens is 1. The van der Waals surface area contributed by atoms with Crippen LogP contribution in [0.15, 0.2) is 47.2 Å². The van der Waals surface area contributed by atoms with E-state index in [1.807, 2.05) is 22.9 Å². The van der Waals surface area contributed by atoms with E-state index in [4.69, 9.17) is 0 Å². The molecule has 1 fully saturated rings. The third-order valence-electron chi connectivity index (χ3n) is 4.65. The molecule has 4 rings (SSSR count). The molecule has 0 spiro atoms. The zero-order valence-corrected chi connectivity index (χ0v) is 16.6. The van der Waals surface area contributed by atoms with E-state index in [2.05, 4.69) is 10.3 Å². The van der Waals surface area contributed by atoms with Crippen molar-refractivity contribution in [3.8, 4) is 9.88 Å². The molecule has 3 aromatic rings. The maximum atomic E-state index is 14.0. The number of benzene rings is 1. The van der Waals surface area contributed by atoms with Crippen LogP contribution in [0, 0.1) is 5.82 Å². The summed E-state index contributed by atoms with van der Waals surface area (Å²) in [6.45, 7) is 0.753. The second-order valence-corrected chi connectivity index (χ2v) is 8.28. The predicted octanol–water partition coefficient (Wildman–Crippen LogP) is 3.93. The number of thiazole rings is 1.